The molecule has 1 aliphatic rings. The molecular formula is C11H24N4O. The van der Waals surface area contributed by atoms with Crippen LogP contribution in [-0.4, -0.2) is 54.5 Å². The fourth-order valence-corrected chi connectivity index (χ4v) is 2.41. The second-order valence-electron chi connectivity index (χ2n) is 4.60. The van der Waals surface area contributed by atoms with Crippen LogP contribution < -0.4 is 11.3 Å². The van der Waals surface area contributed by atoms with E-state index in [1.54, 1.807) is 0 Å². The fourth-order valence-electron chi connectivity index (χ4n) is 2.41. The molecule has 1 saturated heterocycles. The number of carbonyl (C=O) groups excluding carboxylic acids is 1. The van der Waals surface area contributed by atoms with Crippen molar-refractivity contribution in [2.75, 3.05) is 26.7 Å². The van der Waals surface area contributed by atoms with Gasteiger partial charge in [0.15, 0.2) is 0 Å². The molecule has 2 atom stereocenters. The highest BCUT2D eigenvalue weighted by Gasteiger charge is 2.29. The Morgan fingerprint density at radius 2 is 2.25 bits per heavy atom. The molecule has 1 fully saturated rings. The molecule has 0 radical (unpaired) electrons. The summed E-state index contributed by atoms with van der Waals surface area (Å²) in [7, 11) is 2.14. The van der Waals surface area contributed by atoms with Gasteiger partial charge in [0.05, 0.1) is 6.04 Å². The Morgan fingerprint density at radius 3 is 2.81 bits per heavy atom. The van der Waals surface area contributed by atoms with E-state index in [2.05, 4.69) is 29.2 Å². The van der Waals surface area contributed by atoms with Gasteiger partial charge in [0.2, 0.25) is 0 Å². The number of amides is 1. The highest BCUT2D eigenvalue weighted by Crippen LogP contribution is 2.15. The Bertz CT molecular complexity index is 234. The summed E-state index contributed by atoms with van der Waals surface area (Å²) < 4.78 is 0. The largest absolute Gasteiger partial charge is 0.305 e. The van der Waals surface area contributed by atoms with E-state index in [1.165, 1.54) is 0 Å². The molecule has 1 amide bonds. The highest BCUT2D eigenvalue weighted by atomic mass is 16.2. The molecule has 0 saturated carbocycles. The zero-order valence-corrected chi connectivity index (χ0v) is 10.6. The van der Waals surface area contributed by atoms with Gasteiger partial charge in [-0.25, -0.2) is 5.84 Å². The zero-order valence-electron chi connectivity index (χ0n) is 10.6. The Kier molecular flexibility index (Phi) is 5.18. The summed E-state index contributed by atoms with van der Waals surface area (Å²) in [5.74, 6) is 5.10. The number of nitrogens with one attached hydrogen (secondary N) is 1. The van der Waals surface area contributed by atoms with Gasteiger partial charge < -0.3 is 4.90 Å². The van der Waals surface area contributed by atoms with Crippen LogP contribution in [0.1, 0.15) is 26.7 Å². The first-order chi connectivity index (χ1) is 7.60. The van der Waals surface area contributed by atoms with Crippen molar-refractivity contribution in [1.29, 1.82) is 0 Å². The summed E-state index contributed by atoms with van der Waals surface area (Å²) >= 11 is 0. The smallest absolute Gasteiger partial charge is 0.250 e. The molecule has 0 bridgehead atoms. The number of nitrogens with two attached hydrogens (primary N) is 1. The number of hydrogen-bond donors (Lipinski definition) is 2. The standard InChI is InChI=1S/C11H24N4O/c1-4-10-8-14(3)6-5-7-15(10)9(2)11(16)13-12/h9-10H,4-8,12H2,1-3H3,(H,13,16). The van der Waals surface area contributed by atoms with Gasteiger partial charge in [0.25, 0.3) is 5.91 Å². The van der Waals surface area contributed by atoms with Crippen LogP contribution in [0.5, 0.6) is 0 Å². The highest BCUT2D eigenvalue weighted by molar-refractivity contribution is 5.80. The Morgan fingerprint density at radius 1 is 1.56 bits per heavy atom. The fraction of sp³-hybridized carbons (Fsp3) is 0.909. The van der Waals surface area contributed by atoms with Gasteiger partial charge >= 0.3 is 0 Å². The number of hydrazine groups is 1. The normalized spacial score (nSPS) is 26.1. The molecule has 16 heavy (non-hydrogen) atoms. The van der Waals surface area contributed by atoms with Crippen molar-refractivity contribution >= 4 is 5.91 Å². The lowest BCUT2D eigenvalue weighted by Gasteiger charge is -2.34. The van der Waals surface area contributed by atoms with Crippen LogP contribution in [-0.2, 0) is 4.79 Å². The van der Waals surface area contributed by atoms with Crippen LogP contribution in [0.3, 0.4) is 0 Å². The Labute approximate surface area is 97.9 Å². The topological polar surface area (TPSA) is 61.6 Å². The van der Waals surface area contributed by atoms with E-state index in [1.807, 2.05) is 6.92 Å². The van der Waals surface area contributed by atoms with E-state index in [0.717, 1.165) is 32.5 Å². The molecule has 2 unspecified atom stereocenters. The van der Waals surface area contributed by atoms with E-state index >= 15 is 0 Å². The second kappa shape index (κ2) is 6.18. The quantitative estimate of drug-likeness (QED) is 0.398. The SMILES string of the molecule is CCC1CN(C)CCCN1C(C)C(=O)NN. The molecule has 1 aliphatic heterocycles. The summed E-state index contributed by atoms with van der Waals surface area (Å²) in [6.07, 6.45) is 2.17. The number of likely N-dealkylation sites (N-methyl/N-ethyl adjacent to an activating group) is 1. The van der Waals surface area contributed by atoms with Crippen molar-refractivity contribution in [3.63, 3.8) is 0 Å². The van der Waals surface area contributed by atoms with E-state index in [9.17, 15) is 4.79 Å². The van der Waals surface area contributed by atoms with Gasteiger partial charge in [-0.3, -0.25) is 15.1 Å². The van der Waals surface area contributed by atoms with Crippen LogP contribution in [0.15, 0.2) is 0 Å². The lowest BCUT2D eigenvalue weighted by atomic mass is 10.1. The lowest BCUT2D eigenvalue weighted by molar-refractivity contribution is -0.126. The summed E-state index contributed by atoms with van der Waals surface area (Å²) in [6, 6.07) is 0.307. The first-order valence-corrected chi connectivity index (χ1v) is 6.04. The summed E-state index contributed by atoms with van der Waals surface area (Å²) in [6.45, 7) is 7.19. The van der Waals surface area contributed by atoms with Gasteiger partial charge in [0, 0.05) is 19.1 Å². The zero-order chi connectivity index (χ0) is 12.1. The average Bonchev–Trinajstić information content (AvgIpc) is 2.48. The van der Waals surface area contributed by atoms with Crippen molar-refractivity contribution in [3.8, 4) is 0 Å². The van der Waals surface area contributed by atoms with Crippen LogP contribution in [0.4, 0.5) is 0 Å². The van der Waals surface area contributed by atoms with Crippen LogP contribution in [0.2, 0.25) is 0 Å². The van der Waals surface area contributed by atoms with Gasteiger partial charge in [-0.2, -0.15) is 0 Å². The molecule has 1 rings (SSSR count). The minimum Gasteiger partial charge on any atom is -0.305 e. The molecule has 0 spiro atoms. The van der Waals surface area contributed by atoms with Crippen LogP contribution in [0.25, 0.3) is 0 Å². The molecule has 0 aromatic heterocycles. The van der Waals surface area contributed by atoms with Crippen molar-refractivity contribution < 1.29 is 4.79 Å². The summed E-state index contributed by atoms with van der Waals surface area (Å²) in [4.78, 5) is 16.2. The van der Waals surface area contributed by atoms with E-state index in [-0.39, 0.29) is 11.9 Å². The molecule has 0 aromatic rings. The van der Waals surface area contributed by atoms with Crippen molar-refractivity contribution in [3.05, 3.63) is 0 Å². The van der Waals surface area contributed by atoms with Crippen LogP contribution in [0, 0.1) is 0 Å². The first kappa shape index (κ1) is 13.4. The van der Waals surface area contributed by atoms with E-state index < -0.39 is 0 Å². The second-order valence-corrected chi connectivity index (χ2v) is 4.60. The van der Waals surface area contributed by atoms with Gasteiger partial charge in [-0.1, -0.05) is 6.92 Å². The molecule has 94 valence electrons. The predicted molar refractivity (Wildman–Crippen MR) is 64.7 cm³/mol. The van der Waals surface area contributed by atoms with Crippen LogP contribution >= 0.6 is 0 Å². The van der Waals surface area contributed by atoms with Gasteiger partial charge in [0.1, 0.15) is 0 Å². The third kappa shape index (κ3) is 3.17. The Balaban J connectivity index is 2.70. The molecule has 0 aliphatic carbocycles. The predicted octanol–water partition coefficient (Wildman–Crippen LogP) is -0.219. The van der Waals surface area contributed by atoms with Crippen molar-refractivity contribution in [1.82, 2.24) is 15.2 Å². The monoisotopic (exact) mass is 228 g/mol. The van der Waals surface area contributed by atoms with Crippen molar-refractivity contribution in [2.24, 2.45) is 5.84 Å². The minimum atomic E-state index is -0.138. The van der Waals surface area contributed by atoms with E-state index in [4.69, 9.17) is 5.84 Å². The summed E-state index contributed by atoms with van der Waals surface area (Å²) in [5.41, 5.74) is 2.24. The molecule has 5 heteroatoms. The first-order valence-electron chi connectivity index (χ1n) is 6.04. The molecule has 3 N–H and O–H groups in total. The third-order valence-electron chi connectivity index (χ3n) is 3.44. The minimum absolute atomic E-state index is 0.0944. The maximum atomic E-state index is 11.6. The van der Waals surface area contributed by atoms with Gasteiger partial charge in [-0.05, 0) is 33.4 Å². The number of nitrogens with zero attached hydrogens (tertiary/aromatic N) is 2. The van der Waals surface area contributed by atoms with E-state index in [0.29, 0.717) is 6.04 Å². The lowest BCUT2D eigenvalue weighted by Crippen LogP contribution is -2.52. The molecule has 1 heterocycles. The van der Waals surface area contributed by atoms with Gasteiger partial charge in [-0.15, -0.1) is 0 Å². The summed E-state index contributed by atoms with van der Waals surface area (Å²) in [5, 5.41) is 0. The molecule has 0 aromatic carbocycles. The number of hydrogen-bond acceptors (Lipinski definition) is 4. The molecule has 5 nitrogen and oxygen atoms in total. The van der Waals surface area contributed by atoms with Crippen molar-refractivity contribution in [2.45, 2.75) is 38.8 Å². The third-order valence-corrected chi connectivity index (χ3v) is 3.44. The number of rotatable bonds is 3. The maximum absolute atomic E-state index is 11.6. The maximum Gasteiger partial charge on any atom is 0.250 e. The Hall–Kier alpha value is -0.650. The average molecular weight is 228 g/mol. The number of carbonyl (C=O) groups is 1. The molecular weight excluding hydrogens is 204 g/mol.